The second-order valence-corrected chi connectivity index (χ2v) is 7.60. The number of hydrogen-bond donors (Lipinski definition) is 2. The molecule has 3 aromatic rings. The summed E-state index contributed by atoms with van der Waals surface area (Å²) in [5.41, 5.74) is 3.32. The molecular formula is C18H18BrN5O2. The molecular weight excluding hydrogens is 398 g/mol. The van der Waals surface area contributed by atoms with Crippen molar-refractivity contribution >= 4 is 28.1 Å². The van der Waals surface area contributed by atoms with Gasteiger partial charge in [-0.1, -0.05) is 48.8 Å². The molecule has 26 heavy (non-hydrogen) atoms. The van der Waals surface area contributed by atoms with Crippen molar-refractivity contribution < 1.29 is 4.42 Å². The number of nitrogens with one attached hydrogen (secondary N) is 2. The Morgan fingerprint density at radius 2 is 1.88 bits per heavy atom. The van der Waals surface area contributed by atoms with Crippen LogP contribution in [0.3, 0.4) is 0 Å². The van der Waals surface area contributed by atoms with Crippen LogP contribution in [-0.2, 0) is 5.41 Å². The third-order valence-electron chi connectivity index (χ3n) is 3.53. The molecule has 0 amide bonds. The number of nitrogens with zero attached hydrogens (tertiary/aromatic N) is 3. The Hall–Kier alpha value is -2.74. The largest absolute Gasteiger partial charge is 0.455 e. The molecule has 0 saturated heterocycles. The quantitative estimate of drug-likeness (QED) is 0.496. The van der Waals surface area contributed by atoms with E-state index in [1.54, 1.807) is 6.07 Å². The summed E-state index contributed by atoms with van der Waals surface area (Å²) in [6.45, 7) is 5.70. The number of halogens is 1. The first-order valence-corrected chi connectivity index (χ1v) is 8.74. The second-order valence-electron chi connectivity index (χ2n) is 6.68. The van der Waals surface area contributed by atoms with Crippen LogP contribution in [0.1, 0.15) is 32.2 Å². The number of benzene rings is 1. The molecule has 7 nitrogen and oxygen atoms in total. The highest BCUT2D eigenvalue weighted by Gasteiger charge is 2.20. The number of furan rings is 1. The van der Waals surface area contributed by atoms with E-state index in [9.17, 15) is 4.79 Å². The molecule has 0 aliphatic carbocycles. The van der Waals surface area contributed by atoms with Gasteiger partial charge in [-0.2, -0.15) is 5.10 Å². The number of rotatable bonds is 4. The summed E-state index contributed by atoms with van der Waals surface area (Å²) >= 11 is 3.40. The minimum atomic E-state index is -0.375. The van der Waals surface area contributed by atoms with E-state index in [0.717, 1.165) is 15.8 Å². The first-order valence-electron chi connectivity index (χ1n) is 7.95. The Morgan fingerprint density at radius 3 is 2.54 bits per heavy atom. The van der Waals surface area contributed by atoms with Gasteiger partial charge in [0.05, 0.1) is 6.21 Å². The van der Waals surface area contributed by atoms with Gasteiger partial charge in [-0.3, -0.25) is 9.78 Å². The molecule has 0 aliphatic heterocycles. The van der Waals surface area contributed by atoms with Gasteiger partial charge in [-0.25, -0.2) is 5.43 Å². The maximum absolute atomic E-state index is 12.0. The smallest absolute Gasteiger partial charge is 0.274 e. The molecule has 2 N–H and O–H groups in total. The Kier molecular flexibility index (Phi) is 5.03. The molecule has 0 radical (unpaired) electrons. The summed E-state index contributed by atoms with van der Waals surface area (Å²) in [4.78, 5) is 14.6. The third kappa shape index (κ3) is 4.26. The maximum Gasteiger partial charge on any atom is 0.274 e. The van der Waals surface area contributed by atoms with Gasteiger partial charge in [0, 0.05) is 15.5 Å². The average Bonchev–Trinajstić information content (AvgIpc) is 3.03. The number of aromatic amines is 1. The second kappa shape index (κ2) is 7.25. The topological polar surface area (TPSA) is 96.2 Å². The summed E-state index contributed by atoms with van der Waals surface area (Å²) in [7, 11) is 0. The van der Waals surface area contributed by atoms with E-state index in [0.29, 0.717) is 11.5 Å². The van der Waals surface area contributed by atoms with E-state index in [2.05, 4.69) is 41.6 Å². The Bertz CT molecular complexity index is 984. The number of H-pyrrole nitrogens is 1. The molecule has 2 heterocycles. The summed E-state index contributed by atoms with van der Waals surface area (Å²) in [6.07, 6.45) is 1.50. The monoisotopic (exact) mass is 415 g/mol. The maximum atomic E-state index is 12.0. The predicted octanol–water partition coefficient (Wildman–Crippen LogP) is 3.93. The van der Waals surface area contributed by atoms with E-state index in [4.69, 9.17) is 4.42 Å². The van der Waals surface area contributed by atoms with E-state index >= 15 is 0 Å². The molecule has 3 rings (SSSR count). The van der Waals surface area contributed by atoms with Crippen LogP contribution in [0.2, 0.25) is 0 Å². The van der Waals surface area contributed by atoms with Crippen molar-refractivity contribution in [1.82, 2.24) is 15.2 Å². The highest BCUT2D eigenvalue weighted by molar-refractivity contribution is 9.10. The summed E-state index contributed by atoms with van der Waals surface area (Å²) < 4.78 is 6.73. The lowest BCUT2D eigenvalue weighted by Gasteiger charge is -2.15. The van der Waals surface area contributed by atoms with E-state index < -0.39 is 0 Å². The van der Waals surface area contributed by atoms with Gasteiger partial charge in [0.15, 0.2) is 0 Å². The molecule has 134 valence electrons. The van der Waals surface area contributed by atoms with Crippen molar-refractivity contribution in [2.75, 3.05) is 5.43 Å². The summed E-state index contributed by atoms with van der Waals surface area (Å²) in [6, 6.07) is 11.5. The molecule has 1 aromatic carbocycles. The first-order chi connectivity index (χ1) is 12.3. The van der Waals surface area contributed by atoms with Crippen LogP contribution in [0.5, 0.6) is 0 Å². The van der Waals surface area contributed by atoms with Gasteiger partial charge in [0.2, 0.25) is 5.95 Å². The van der Waals surface area contributed by atoms with Crippen LogP contribution >= 0.6 is 15.9 Å². The van der Waals surface area contributed by atoms with Gasteiger partial charge >= 0.3 is 0 Å². The zero-order valence-corrected chi connectivity index (χ0v) is 16.2. The molecule has 0 unspecified atom stereocenters. The molecule has 0 bridgehead atoms. The lowest BCUT2D eigenvalue weighted by atomic mass is 9.93. The van der Waals surface area contributed by atoms with Crippen LogP contribution in [0.4, 0.5) is 5.95 Å². The molecule has 8 heteroatoms. The van der Waals surface area contributed by atoms with Gasteiger partial charge in [-0.05, 0) is 24.3 Å². The third-order valence-corrected chi connectivity index (χ3v) is 4.05. The fourth-order valence-corrected chi connectivity index (χ4v) is 2.49. The van der Waals surface area contributed by atoms with Crippen molar-refractivity contribution in [3.63, 3.8) is 0 Å². The number of hydrogen-bond acceptors (Lipinski definition) is 6. The lowest BCUT2D eigenvalue weighted by Crippen LogP contribution is -2.28. The Morgan fingerprint density at radius 1 is 1.15 bits per heavy atom. The summed E-state index contributed by atoms with van der Waals surface area (Å²) in [5, 5.41) is 11.9. The van der Waals surface area contributed by atoms with Crippen LogP contribution in [0.15, 0.2) is 55.2 Å². The minimum Gasteiger partial charge on any atom is -0.455 e. The van der Waals surface area contributed by atoms with Crippen molar-refractivity contribution in [2.45, 2.75) is 26.2 Å². The predicted molar refractivity (Wildman–Crippen MR) is 104 cm³/mol. The van der Waals surface area contributed by atoms with Crippen molar-refractivity contribution in [3.05, 3.63) is 62.7 Å². The number of anilines is 1. The number of hydrazone groups is 1. The van der Waals surface area contributed by atoms with Crippen LogP contribution in [0.25, 0.3) is 11.3 Å². The first kappa shape index (κ1) is 18.1. The van der Waals surface area contributed by atoms with Crippen molar-refractivity contribution in [1.29, 1.82) is 0 Å². The Balaban J connectivity index is 1.69. The zero-order chi connectivity index (χ0) is 18.7. The zero-order valence-electron chi connectivity index (χ0n) is 14.6. The van der Waals surface area contributed by atoms with Crippen LogP contribution < -0.4 is 11.0 Å². The van der Waals surface area contributed by atoms with Gasteiger partial charge < -0.3 is 4.42 Å². The molecule has 0 aliphatic rings. The van der Waals surface area contributed by atoms with E-state index in [1.165, 1.54) is 6.21 Å². The molecule has 0 spiro atoms. The van der Waals surface area contributed by atoms with Crippen LogP contribution in [0, 0.1) is 0 Å². The van der Waals surface area contributed by atoms with E-state index in [1.807, 2.05) is 51.1 Å². The summed E-state index contributed by atoms with van der Waals surface area (Å²) in [5.74, 6) is 1.47. The standard InChI is InChI=1S/C18H18BrN5O2/c1-18(2,3)15-16(25)21-17(24-22-15)23-20-10-13-8-9-14(26-13)11-4-6-12(19)7-5-11/h4-10H,1-3H3,(H2,21,23,24,25)/b20-10+. The van der Waals surface area contributed by atoms with Gasteiger partial charge in [0.25, 0.3) is 5.56 Å². The van der Waals surface area contributed by atoms with Crippen LogP contribution in [-0.4, -0.2) is 21.4 Å². The highest BCUT2D eigenvalue weighted by atomic mass is 79.9. The average molecular weight is 416 g/mol. The van der Waals surface area contributed by atoms with E-state index in [-0.39, 0.29) is 16.9 Å². The van der Waals surface area contributed by atoms with Crippen molar-refractivity contribution in [2.24, 2.45) is 5.10 Å². The molecule has 0 saturated carbocycles. The number of aromatic nitrogens is 3. The molecule has 2 aromatic heterocycles. The Labute approximate surface area is 158 Å². The lowest BCUT2D eigenvalue weighted by molar-refractivity contribution is 0.547. The molecule has 0 atom stereocenters. The molecule has 0 fully saturated rings. The fraction of sp³-hybridized carbons (Fsp3) is 0.222. The van der Waals surface area contributed by atoms with Gasteiger partial charge in [0.1, 0.15) is 17.2 Å². The highest BCUT2D eigenvalue weighted by Crippen LogP contribution is 2.23. The minimum absolute atomic E-state index is 0.166. The van der Waals surface area contributed by atoms with Gasteiger partial charge in [-0.15, -0.1) is 10.2 Å². The van der Waals surface area contributed by atoms with Crippen molar-refractivity contribution in [3.8, 4) is 11.3 Å². The normalized spacial score (nSPS) is 11.8. The fourth-order valence-electron chi connectivity index (χ4n) is 2.23. The SMILES string of the molecule is CC(C)(C)c1nnc(N/N=C/c2ccc(-c3ccc(Br)cc3)o2)[nH]c1=O.